The number of nitrogens with zero attached hydrogens (tertiary/aromatic N) is 9. The number of benzene rings is 1. The Balaban J connectivity index is 0.00000240. The summed E-state index contributed by atoms with van der Waals surface area (Å²) in [7, 11) is 4.08. The highest BCUT2D eigenvalue weighted by Gasteiger charge is 2.35. The fraction of sp³-hybridized carbons (Fsp3) is 0.485. The first kappa shape index (κ1) is 35.0. The molecule has 2 aromatic heterocycles. The summed E-state index contributed by atoms with van der Waals surface area (Å²) in [6, 6.07) is 8.90. The van der Waals surface area contributed by atoms with E-state index in [9.17, 15) is 15.3 Å². The lowest BCUT2D eigenvalue weighted by Crippen LogP contribution is -2.55. The second kappa shape index (κ2) is 14.7. The van der Waals surface area contributed by atoms with Crippen LogP contribution in [-0.2, 0) is 24.8 Å². The largest absolute Gasteiger partial charge is 0.475 e. The third-order valence-electron chi connectivity index (χ3n) is 9.47. The van der Waals surface area contributed by atoms with Crippen LogP contribution in [0.2, 0.25) is 0 Å². The molecule has 0 radical (unpaired) electrons. The number of likely N-dealkylation sites (N-methyl/N-ethyl adjacent to an activating group) is 1. The zero-order chi connectivity index (χ0) is 31.0. The minimum absolute atomic E-state index is 0. The topological polar surface area (TPSA) is 118 Å². The molecule has 0 N–H and O–H groups in total. The summed E-state index contributed by atoms with van der Waals surface area (Å²) in [5.74, 6) is 0.183. The van der Waals surface area contributed by atoms with Gasteiger partial charge >= 0.3 is 0 Å². The Bertz CT molecular complexity index is 1690. The van der Waals surface area contributed by atoms with Gasteiger partial charge in [0.1, 0.15) is 18.2 Å². The Morgan fingerprint density at radius 1 is 1.11 bits per heavy atom. The number of aryl methyl sites for hydroxylation is 2. The van der Waals surface area contributed by atoms with Crippen molar-refractivity contribution in [1.29, 1.82) is 10.5 Å². The van der Waals surface area contributed by atoms with Gasteiger partial charge in [-0.2, -0.15) is 42.6 Å². The SMILES string of the molecule is C=CC(=O)N1CCN(c2c(C#N)c(OC[C@@H]3CCCN3C)nc3c2CCN(c2c(C)ccc4cnn(C)c24)C3)C[C@@H]1CC#N.S.S. The van der Waals surface area contributed by atoms with Crippen LogP contribution in [0, 0.1) is 29.6 Å². The number of anilines is 2. The second-order valence-corrected chi connectivity index (χ2v) is 12.1. The molecule has 0 spiro atoms. The Kier molecular flexibility index (Phi) is 11.1. The maximum atomic E-state index is 12.6. The molecule has 2 fully saturated rings. The first-order valence-electron chi connectivity index (χ1n) is 15.3. The van der Waals surface area contributed by atoms with E-state index in [1.807, 2.05) is 17.9 Å². The van der Waals surface area contributed by atoms with Crippen molar-refractivity contribution in [2.45, 2.75) is 51.2 Å². The van der Waals surface area contributed by atoms with E-state index in [4.69, 9.17) is 9.72 Å². The number of amides is 1. The van der Waals surface area contributed by atoms with Crippen molar-refractivity contribution in [2.75, 3.05) is 56.2 Å². The molecule has 1 amide bonds. The summed E-state index contributed by atoms with van der Waals surface area (Å²) in [6.07, 6.45) is 6.27. The minimum Gasteiger partial charge on any atom is -0.475 e. The highest BCUT2D eigenvalue weighted by molar-refractivity contribution is 7.59. The molecule has 6 rings (SSSR count). The van der Waals surface area contributed by atoms with E-state index in [2.05, 4.69) is 64.6 Å². The summed E-state index contributed by atoms with van der Waals surface area (Å²) in [6.45, 7) is 10.0. The molecule has 0 saturated carbocycles. The van der Waals surface area contributed by atoms with Gasteiger partial charge in [-0.3, -0.25) is 9.48 Å². The average Bonchev–Trinajstić information content (AvgIpc) is 3.62. The van der Waals surface area contributed by atoms with Crippen LogP contribution in [0.3, 0.4) is 0 Å². The summed E-state index contributed by atoms with van der Waals surface area (Å²) in [5, 5.41) is 25.8. The normalized spacial score (nSPS) is 19.5. The lowest BCUT2D eigenvalue weighted by atomic mass is 9.96. The second-order valence-electron chi connectivity index (χ2n) is 12.1. The number of likely N-dealkylation sites (tertiary alicyclic amines) is 1. The van der Waals surface area contributed by atoms with Crippen LogP contribution in [0.4, 0.5) is 11.4 Å². The summed E-state index contributed by atoms with van der Waals surface area (Å²) >= 11 is 0. The fourth-order valence-corrected chi connectivity index (χ4v) is 7.14. The highest BCUT2D eigenvalue weighted by atomic mass is 32.1. The third kappa shape index (κ3) is 6.37. The smallest absolute Gasteiger partial charge is 0.246 e. The number of piperazine rings is 1. The van der Waals surface area contributed by atoms with Gasteiger partial charge in [0.2, 0.25) is 11.8 Å². The first-order valence-corrected chi connectivity index (χ1v) is 15.3. The molecule has 1 aromatic carbocycles. The molecule has 3 aliphatic rings. The van der Waals surface area contributed by atoms with Gasteiger partial charge < -0.3 is 24.3 Å². The van der Waals surface area contributed by atoms with Crippen LogP contribution >= 0.6 is 27.0 Å². The van der Waals surface area contributed by atoms with Crippen LogP contribution in [0.5, 0.6) is 5.88 Å². The van der Waals surface area contributed by atoms with E-state index in [1.54, 1.807) is 4.90 Å². The number of nitriles is 2. The maximum absolute atomic E-state index is 12.6. The quantitative estimate of drug-likeness (QED) is 0.351. The summed E-state index contributed by atoms with van der Waals surface area (Å²) < 4.78 is 8.34. The number of pyridine rings is 1. The Hall–Kier alpha value is -3.91. The molecule has 0 unspecified atom stereocenters. The first-order chi connectivity index (χ1) is 21.3. The Morgan fingerprint density at radius 3 is 2.61 bits per heavy atom. The molecular weight excluding hydrogens is 619 g/mol. The lowest BCUT2D eigenvalue weighted by Gasteiger charge is -2.43. The van der Waals surface area contributed by atoms with E-state index in [1.165, 1.54) is 11.6 Å². The van der Waals surface area contributed by atoms with Crippen molar-refractivity contribution in [3.63, 3.8) is 0 Å². The van der Waals surface area contributed by atoms with E-state index < -0.39 is 0 Å². The van der Waals surface area contributed by atoms with E-state index in [0.717, 1.165) is 59.5 Å². The van der Waals surface area contributed by atoms with E-state index in [-0.39, 0.29) is 51.4 Å². The summed E-state index contributed by atoms with van der Waals surface area (Å²) in [4.78, 5) is 26.2. The van der Waals surface area contributed by atoms with Gasteiger partial charge in [0.05, 0.1) is 53.9 Å². The van der Waals surface area contributed by atoms with Crippen LogP contribution in [-0.4, -0.2) is 88.9 Å². The molecule has 3 aromatic rings. The third-order valence-corrected chi connectivity index (χ3v) is 9.47. The molecule has 3 aliphatic heterocycles. The standard InChI is InChI=1S/C33H39N9O2.2H2S/c1-5-29(43)42-16-15-41(19-24(42)10-12-34)32-26-11-14-40(30-22(2)8-9-23-18-36-39(4)31(23)30)20-28(26)37-33(27(32)17-35)44-21-25-7-6-13-38(25)3;;/h5,8-9,18,24-25H,1,6-7,10-11,13-16,19-21H2,2-4H3;2*1H2/t24-,25-;;/m0../s1. The lowest BCUT2D eigenvalue weighted by molar-refractivity contribution is -0.128. The van der Waals surface area contributed by atoms with Gasteiger partial charge in [-0.25, -0.2) is 4.98 Å². The number of fused-ring (bicyclic) bond motifs is 2. The van der Waals surface area contributed by atoms with E-state index in [0.29, 0.717) is 50.7 Å². The molecule has 13 heteroatoms. The summed E-state index contributed by atoms with van der Waals surface area (Å²) in [5.41, 5.74) is 6.59. The zero-order valence-electron chi connectivity index (χ0n) is 26.8. The molecule has 11 nitrogen and oxygen atoms in total. The molecule has 46 heavy (non-hydrogen) atoms. The minimum atomic E-state index is -0.309. The predicted octanol–water partition coefficient (Wildman–Crippen LogP) is 3.53. The van der Waals surface area contributed by atoms with Crippen molar-refractivity contribution in [3.05, 3.63) is 53.4 Å². The van der Waals surface area contributed by atoms with Crippen molar-refractivity contribution in [3.8, 4) is 18.0 Å². The number of hydrogen-bond acceptors (Lipinski definition) is 9. The highest BCUT2D eigenvalue weighted by Crippen LogP contribution is 2.40. The predicted molar refractivity (Wildman–Crippen MR) is 189 cm³/mol. The molecule has 2 atom stereocenters. The van der Waals surface area contributed by atoms with Gasteiger partial charge in [-0.05, 0) is 51.4 Å². The number of rotatable bonds is 7. The molecule has 5 heterocycles. The molecule has 0 bridgehead atoms. The van der Waals surface area contributed by atoms with Crippen LogP contribution in [0.15, 0.2) is 31.0 Å². The zero-order valence-corrected chi connectivity index (χ0v) is 28.8. The van der Waals surface area contributed by atoms with Crippen molar-refractivity contribution in [1.82, 2.24) is 24.6 Å². The van der Waals surface area contributed by atoms with Gasteiger partial charge in [0.15, 0.2) is 0 Å². The number of carbonyl (C=O) groups is 1. The number of carbonyl (C=O) groups excluding carboxylic acids is 1. The van der Waals surface area contributed by atoms with Crippen LogP contribution in [0.25, 0.3) is 10.9 Å². The van der Waals surface area contributed by atoms with Crippen molar-refractivity contribution in [2.24, 2.45) is 7.05 Å². The Labute approximate surface area is 284 Å². The van der Waals surface area contributed by atoms with Gasteiger partial charge in [-0.15, -0.1) is 0 Å². The monoisotopic (exact) mass is 661 g/mol. The molecular formula is C33H43N9O2S2. The van der Waals surface area contributed by atoms with Crippen molar-refractivity contribution < 1.29 is 9.53 Å². The number of hydrogen-bond donors (Lipinski definition) is 0. The van der Waals surface area contributed by atoms with E-state index >= 15 is 0 Å². The fourth-order valence-electron chi connectivity index (χ4n) is 7.14. The molecule has 244 valence electrons. The average molecular weight is 662 g/mol. The number of aromatic nitrogens is 3. The van der Waals surface area contributed by atoms with Gasteiger partial charge in [0, 0.05) is 50.2 Å². The van der Waals surface area contributed by atoms with Crippen LogP contribution < -0.4 is 14.5 Å². The maximum Gasteiger partial charge on any atom is 0.246 e. The van der Waals surface area contributed by atoms with Crippen molar-refractivity contribution >= 4 is 55.2 Å². The molecule has 0 aliphatic carbocycles. The van der Waals surface area contributed by atoms with Gasteiger partial charge in [-0.1, -0.05) is 18.7 Å². The van der Waals surface area contributed by atoms with Gasteiger partial charge in [0.25, 0.3) is 0 Å². The number of ether oxygens (including phenoxy) is 1. The molecule has 2 saturated heterocycles. The van der Waals surface area contributed by atoms with Crippen LogP contribution in [0.1, 0.15) is 41.6 Å². The Morgan fingerprint density at radius 2 is 1.91 bits per heavy atom.